The minimum absolute atomic E-state index is 0.202. The number of aliphatic carboxylic acids is 1. The van der Waals surface area contributed by atoms with Gasteiger partial charge in [0, 0.05) is 24.0 Å². The van der Waals surface area contributed by atoms with Crippen molar-refractivity contribution in [2.45, 2.75) is 13.3 Å². The smallest absolute Gasteiger partial charge is 0.308 e. The third kappa shape index (κ3) is 3.41. The molecule has 0 bridgehead atoms. The molecule has 0 spiro atoms. The number of hydrogen-bond donors (Lipinski definition) is 1. The number of aromatic nitrogens is 1. The normalized spacial score (nSPS) is 17.0. The minimum atomic E-state index is -0.848. The molecule has 1 amide bonds. The summed E-state index contributed by atoms with van der Waals surface area (Å²) < 4.78 is 5.41. The second kappa shape index (κ2) is 7.00. The highest BCUT2D eigenvalue weighted by Gasteiger charge is 2.32. The second-order valence-corrected chi connectivity index (χ2v) is 6.43. The van der Waals surface area contributed by atoms with E-state index in [4.69, 9.17) is 9.84 Å². The molecule has 1 aromatic heterocycles. The fraction of sp³-hybridized carbons (Fsp3) is 0.353. The first-order valence-electron chi connectivity index (χ1n) is 7.79. The molecule has 1 aliphatic rings. The van der Waals surface area contributed by atoms with Crippen molar-refractivity contribution in [2.75, 3.05) is 19.7 Å². The maximum absolute atomic E-state index is 12.5. The van der Waals surface area contributed by atoms with E-state index in [1.54, 1.807) is 10.3 Å². The van der Waals surface area contributed by atoms with Crippen molar-refractivity contribution in [3.63, 3.8) is 0 Å². The number of carboxylic acid groups (broad SMARTS) is 1. The highest BCUT2D eigenvalue weighted by molar-refractivity contribution is 7.13. The number of carbonyl (C=O) groups excluding carboxylic acids is 1. The molecule has 1 saturated heterocycles. The number of thiazole rings is 1. The average molecular weight is 346 g/mol. The summed E-state index contributed by atoms with van der Waals surface area (Å²) in [4.78, 5) is 29.4. The summed E-state index contributed by atoms with van der Waals surface area (Å²) in [7, 11) is 0. The number of carbonyl (C=O) groups is 2. The number of hydrogen-bond acceptors (Lipinski definition) is 5. The molecule has 1 N–H and O–H groups in total. The number of likely N-dealkylation sites (tertiary alicyclic amines) is 1. The third-order valence-electron chi connectivity index (χ3n) is 3.96. The van der Waals surface area contributed by atoms with E-state index in [0.29, 0.717) is 25.3 Å². The monoisotopic (exact) mass is 346 g/mol. The molecular weight excluding hydrogens is 328 g/mol. The molecule has 126 valence electrons. The maximum atomic E-state index is 12.5. The van der Waals surface area contributed by atoms with Crippen LogP contribution >= 0.6 is 11.3 Å². The first kappa shape index (κ1) is 16.4. The maximum Gasteiger partial charge on any atom is 0.308 e. The number of nitrogens with zero attached hydrogens (tertiary/aromatic N) is 2. The van der Waals surface area contributed by atoms with Gasteiger partial charge in [0.15, 0.2) is 0 Å². The van der Waals surface area contributed by atoms with E-state index in [1.165, 1.54) is 11.3 Å². The van der Waals surface area contributed by atoms with Crippen molar-refractivity contribution in [1.29, 1.82) is 0 Å². The number of rotatable bonds is 5. The van der Waals surface area contributed by atoms with Crippen molar-refractivity contribution in [3.05, 3.63) is 35.3 Å². The van der Waals surface area contributed by atoms with Gasteiger partial charge in [-0.05, 0) is 37.6 Å². The Morgan fingerprint density at radius 1 is 1.38 bits per heavy atom. The number of benzene rings is 1. The molecule has 0 aliphatic carbocycles. The lowest BCUT2D eigenvalue weighted by Gasteiger charge is -2.13. The summed E-state index contributed by atoms with van der Waals surface area (Å²) in [6.45, 7) is 3.26. The quantitative estimate of drug-likeness (QED) is 0.900. The Kier molecular flexibility index (Phi) is 4.80. The fourth-order valence-corrected chi connectivity index (χ4v) is 3.47. The van der Waals surface area contributed by atoms with Crippen LogP contribution in [0.4, 0.5) is 0 Å². The van der Waals surface area contributed by atoms with Gasteiger partial charge in [-0.1, -0.05) is 0 Å². The molecule has 1 unspecified atom stereocenters. The summed E-state index contributed by atoms with van der Waals surface area (Å²) in [5, 5.41) is 11.5. The summed E-state index contributed by atoms with van der Waals surface area (Å²) in [5.74, 6) is -0.727. The van der Waals surface area contributed by atoms with E-state index in [0.717, 1.165) is 16.3 Å². The van der Waals surface area contributed by atoms with Crippen LogP contribution in [0, 0.1) is 5.92 Å². The van der Waals surface area contributed by atoms with Crippen molar-refractivity contribution in [3.8, 4) is 16.3 Å². The predicted octanol–water partition coefficient (Wildman–Crippen LogP) is 2.76. The Hall–Kier alpha value is -2.41. The Labute approximate surface area is 143 Å². The highest BCUT2D eigenvalue weighted by atomic mass is 32.1. The van der Waals surface area contributed by atoms with Crippen LogP contribution in [0.1, 0.15) is 23.8 Å². The summed E-state index contributed by atoms with van der Waals surface area (Å²) in [6.07, 6.45) is 0.497. The zero-order valence-corrected chi connectivity index (χ0v) is 14.1. The molecule has 1 fully saturated rings. The van der Waals surface area contributed by atoms with E-state index in [1.807, 2.05) is 31.2 Å². The van der Waals surface area contributed by atoms with Crippen LogP contribution in [-0.4, -0.2) is 46.6 Å². The van der Waals surface area contributed by atoms with Crippen molar-refractivity contribution in [1.82, 2.24) is 9.88 Å². The number of amides is 1. The molecule has 1 atom stereocenters. The lowest BCUT2D eigenvalue weighted by Crippen LogP contribution is -2.30. The average Bonchev–Trinajstić information content (AvgIpc) is 3.25. The van der Waals surface area contributed by atoms with Gasteiger partial charge in [-0.2, -0.15) is 0 Å². The van der Waals surface area contributed by atoms with Gasteiger partial charge >= 0.3 is 5.97 Å². The third-order valence-corrected chi connectivity index (χ3v) is 4.85. The van der Waals surface area contributed by atoms with Crippen LogP contribution in [0.5, 0.6) is 5.75 Å². The molecule has 24 heavy (non-hydrogen) atoms. The van der Waals surface area contributed by atoms with Gasteiger partial charge in [0.05, 0.1) is 12.5 Å². The van der Waals surface area contributed by atoms with Crippen LogP contribution in [0.25, 0.3) is 10.6 Å². The van der Waals surface area contributed by atoms with Crippen LogP contribution in [0.2, 0.25) is 0 Å². The molecule has 7 heteroatoms. The fourth-order valence-electron chi connectivity index (χ4n) is 2.67. The van der Waals surface area contributed by atoms with Gasteiger partial charge in [0.1, 0.15) is 16.5 Å². The van der Waals surface area contributed by atoms with Gasteiger partial charge in [-0.25, -0.2) is 4.98 Å². The zero-order valence-electron chi connectivity index (χ0n) is 13.3. The van der Waals surface area contributed by atoms with Gasteiger partial charge in [0.2, 0.25) is 0 Å². The summed E-state index contributed by atoms with van der Waals surface area (Å²) in [6, 6.07) is 7.57. The Bertz CT molecular complexity index is 741. The van der Waals surface area contributed by atoms with Crippen LogP contribution < -0.4 is 4.74 Å². The van der Waals surface area contributed by atoms with E-state index < -0.39 is 11.9 Å². The summed E-state index contributed by atoms with van der Waals surface area (Å²) >= 11 is 1.40. The van der Waals surface area contributed by atoms with Gasteiger partial charge in [0.25, 0.3) is 5.91 Å². The Morgan fingerprint density at radius 2 is 2.12 bits per heavy atom. The summed E-state index contributed by atoms with van der Waals surface area (Å²) in [5.41, 5.74) is 1.29. The van der Waals surface area contributed by atoms with Crippen molar-refractivity contribution < 1.29 is 19.4 Å². The molecule has 6 nitrogen and oxygen atoms in total. The molecule has 0 radical (unpaired) electrons. The first-order chi connectivity index (χ1) is 11.6. The van der Waals surface area contributed by atoms with Crippen LogP contribution in [-0.2, 0) is 4.79 Å². The topological polar surface area (TPSA) is 79.7 Å². The van der Waals surface area contributed by atoms with Gasteiger partial charge < -0.3 is 14.7 Å². The lowest BCUT2D eigenvalue weighted by atomic mass is 10.1. The van der Waals surface area contributed by atoms with E-state index >= 15 is 0 Å². The molecule has 0 saturated carbocycles. The van der Waals surface area contributed by atoms with E-state index in [-0.39, 0.29) is 12.5 Å². The SMILES string of the molecule is CCOc1ccc(-c2nc(C(=O)N3CCC(C(=O)O)C3)cs2)cc1. The van der Waals surface area contributed by atoms with Crippen LogP contribution in [0.3, 0.4) is 0 Å². The minimum Gasteiger partial charge on any atom is -0.494 e. The zero-order chi connectivity index (χ0) is 17.1. The number of ether oxygens (including phenoxy) is 1. The molecule has 3 rings (SSSR count). The second-order valence-electron chi connectivity index (χ2n) is 5.57. The first-order valence-corrected chi connectivity index (χ1v) is 8.67. The predicted molar refractivity (Wildman–Crippen MR) is 90.4 cm³/mol. The molecular formula is C17H18N2O4S. The highest BCUT2D eigenvalue weighted by Crippen LogP contribution is 2.27. The van der Waals surface area contributed by atoms with Crippen molar-refractivity contribution in [2.24, 2.45) is 5.92 Å². The van der Waals surface area contributed by atoms with Crippen molar-refractivity contribution >= 4 is 23.2 Å². The Balaban J connectivity index is 1.71. The van der Waals surface area contributed by atoms with Gasteiger partial charge in [-0.3, -0.25) is 9.59 Å². The molecule has 1 aromatic carbocycles. The molecule has 1 aliphatic heterocycles. The molecule has 2 heterocycles. The Morgan fingerprint density at radius 3 is 2.75 bits per heavy atom. The molecule has 2 aromatic rings. The van der Waals surface area contributed by atoms with Gasteiger partial charge in [-0.15, -0.1) is 11.3 Å². The standard InChI is InChI=1S/C17H18N2O4S/c1-2-23-13-5-3-11(4-6-13)15-18-14(10-24-15)16(20)19-8-7-12(9-19)17(21)22/h3-6,10,12H,2,7-9H2,1H3,(H,21,22). The van der Waals surface area contributed by atoms with E-state index in [2.05, 4.69) is 4.98 Å². The van der Waals surface area contributed by atoms with E-state index in [9.17, 15) is 9.59 Å². The number of carboxylic acids is 1. The van der Waals surface area contributed by atoms with Crippen LogP contribution in [0.15, 0.2) is 29.6 Å². The lowest BCUT2D eigenvalue weighted by molar-refractivity contribution is -0.141. The largest absolute Gasteiger partial charge is 0.494 e.